The van der Waals surface area contributed by atoms with E-state index in [0.29, 0.717) is 10.0 Å². The molecule has 1 heterocycles. The molecule has 6 heteroatoms. The summed E-state index contributed by atoms with van der Waals surface area (Å²) in [7, 11) is 1.91. The highest BCUT2D eigenvalue weighted by atomic mass is 127. The number of aromatic nitrogens is 2. The number of rotatable bonds is 4. The number of halogens is 3. The number of nitrogens with zero attached hydrogens (tertiary/aromatic N) is 2. The highest BCUT2D eigenvalue weighted by Gasteiger charge is 2.23. The molecule has 0 saturated heterocycles. The minimum absolute atomic E-state index is 0.0435. The first-order valence-corrected chi connectivity index (χ1v) is 8.14. The van der Waals surface area contributed by atoms with Gasteiger partial charge >= 0.3 is 0 Å². The van der Waals surface area contributed by atoms with Crippen molar-refractivity contribution in [3.05, 3.63) is 49.3 Å². The van der Waals surface area contributed by atoms with Gasteiger partial charge in [0.1, 0.15) is 0 Å². The molecule has 0 spiro atoms. The first kappa shape index (κ1) is 16.1. The fraction of sp³-hybridized carbons (Fsp3) is 0.357. The maximum absolute atomic E-state index is 6.35. The highest BCUT2D eigenvalue weighted by molar-refractivity contribution is 14.1. The van der Waals surface area contributed by atoms with Gasteiger partial charge in [0, 0.05) is 14.6 Å². The number of hydrogen-bond donors (Lipinski definition) is 1. The van der Waals surface area contributed by atoms with Crippen LogP contribution in [0.1, 0.15) is 37.2 Å². The molecule has 1 N–H and O–H groups in total. The zero-order chi connectivity index (χ0) is 14.9. The Balaban J connectivity index is 2.58. The van der Waals surface area contributed by atoms with Gasteiger partial charge in [-0.1, -0.05) is 23.2 Å². The standard InChI is InChI=1S/C14H16Cl2IN3/c1-8(2)20-14(11(16)7-19-20)13(18-3)10-6-9(15)4-5-12(10)17/h4-8,13,18H,1-3H3. The van der Waals surface area contributed by atoms with Gasteiger partial charge in [-0.05, 0) is 67.2 Å². The Morgan fingerprint density at radius 3 is 2.60 bits per heavy atom. The summed E-state index contributed by atoms with van der Waals surface area (Å²) >= 11 is 14.8. The first-order chi connectivity index (χ1) is 9.45. The van der Waals surface area contributed by atoms with Crippen LogP contribution < -0.4 is 5.32 Å². The molecule has 108 valence electrons. The van der Waals surface area contributed by atoms with E-state index >= 15 is 0 Å². The smallest absolute Gasteiger partial charge is 0.0837 e. The van der Waals surface area contributed by atoms with E-state index in [4.69, 9.17) is 23.2 Å². The van der Waals surface area contributed by atoms with Crippen LogP contribution >= 0.6 is 45.8 Å². The topological polar surface area (TPSA) is 29.9 Å². The summed E-state index contributed by atoms with van der Waals surface area (Å²) in [5, 5.41) is 9.06. The molecule has 1 aromatic carbocycles. The van der Waals surface area contributed by atoms with Gasteiger partial charge in [0.15, 0.2) is 0 Å². The zero-order valence-corrected chi connectivity index (χ0v) is 15.2. The van der Waals surface area contributed by atoms with Crippen LogP contribution in [-0.2, 0) is 0 Å². The maximum Gasteiger partial charge on any atom is 0.0837 e. The Labute approximate surface area is 142 Å². The quantitative estimate of drug-likeness (QED) is 0.723. The number of benzene rings is 1. The monoisotopic (exact) mass is 423 g/mol. The molecule has 1 unspecified atom stereocenters. The number of nitrogens with one attached hydrogen (secondary N) is 1. The van der Waals surface area contributed by atoms with Gasteiger partial charge in [0.25, 0.3) is 0 Å². The molecule has 0 saturated carbocycles. The maximum atomic E-state index is 6.35. The van der Waals surface area contributed by atoms with E-state index in [-0.39, 0.29) is 12.1 Å². The van der Waals surface area contributed by atoms with Gasteiger partial charge in [-0.3, -0.25) is 4.68 Å². The van der Waals surface area contributed by atoms with Gasteiger partial charge in [-0.2, -0.15) is 5.10 Å². The lowest BCUT2D eigenvalue weighted by Gasteiger charge is -2.22. The summed E-state index contributed by atoms with van der Waals surface area (Å²) < 4.78 is 3.08. The summed E-state index contributed by atoms with van der Waals surface area (Å²) in [5.41, 5.74) is 2.06. The normalized spacial score (nSPS) is 12.9. The van der Waals surface area contributed by atoms with Crippen molar-refractivity contribution < 1.29 is 0 Å². The first-order valence-electron chi connectivity index (χ1n) is 6.30. The van der Waals surface area contributed by atoms with E-state index in [9.17, 15) is 0 Å². The van der Waals surface area contributed by atoms with Gasteiger partial charge in [0.05, 0.1) is 23.0 Å². The fourth-order valence-corrected chi connectivity index (χ4v) is 3.27. The Hall–Kier alpha value is -0.300. The summed E-state index contributed by atoms with van der Waals surface area (Å²) in [5.74, 6) is 0. The number of hydrogen-bond acceptors (Lipinski definition) is 2. The third-order valence-corrected chi connectivity index (χ3v) is 4.62. The molecule has 20 heavy (non-hydrogen) atoms. The summed E-state index contributed by atoms with van der Waals surface area (Å²) in [6.45, 7) is 4.17. The molecule has 3 nitrogen and oxygen atoms in total. The molecule has 0 aliphatic carbocycles. The molecule has 0 fully saturated rings. The molecule has 1 atom stereocenters. The largest absolute Gasteiger partial charge is 0.308 e. The summed E-state index contributed by atoms with van der Waals surface area (Å²) in [6, 6.07) is 6.06. The molecule has 2 aromatic rings. The van der Waals surface area contributed by atoms with Crippen molar-refractivity contribution in [2.24, 2.45) is 0 Å². The highest BCUT2D eigenvalue weighted by Crippen LogP contribution is 2.33. The molecule has 0 aliphatic heterocycles. The van der Waals surface area contributed by atoms with Crippen LogP contribution in [0.3, 0.4) is 0 Å². The molecule has 0 aliphatic rings. The van der Waals surface area contributed by atoms with E-state index in [1.54, 1.807) is 6.20 Å². The van der Waals surface area contributed by atoms with Gasteiger partial charge < -0.3 is 5.32 Å². The minimum atomic E-state index is -0.0435. The summed E-state index contributed by atoms with van der Waals surface area (Å²) in [4.78, 5) is 0. The molecule has 0 radical (unpaired) electrons. The predicted molar refractivity (Wildman–Crippen MR) is 92.7 cm³/mol. The molecule has 2 rings (SSSR count). The van der Waals surface area contributed by atoms with E-state index in [2.05, 4.69) is 46.9 Å². The Morgan fingerprint density at radius 1 is 1.30 bits per heavy atom. The van der Waals surface area contributed by atoms with Crippen molar-refractivity contribution in [2.75, 3.05) is 7.05 Å². The SMILES string of the molecule is CNC(c1cc(Cl)ccc1I)c1c(Cl)cnn1C(C)C. The third-order valence-electron chi connectivity index (χ3n) is 3.11. The second-order valence-corrected chi connectivity index (χ2v) is 6.81. The summed E-state index contributed by atoms with van der Waals surface area (Å²) in [6.07, 6.45) is 1.69. The van der Waals surface area contributed by atoms with Crippen LogP contribution in [-0.4, -0.2) is 16.8 Å². The Bertz CT molecular complexity index is 610. The van der Waals surface area contributed by atoms with Crippen molar-refractivity contribution in [1.29, 1.82) is 0 Å². The van der Waals surface area contributed by atoms with E-state index < -0.39 is 0 Å². The van der Waals surface area contributed by atoms with Gasteiger partial charge in [-0.25, -0.2) is 0 Å². The van der Waals surface area contributed by atoms with Crippen LogP contribution in [0.15, 0.2) is 24.4 Å². The van der Waals surface area contributed by atoms with Crippen LogP contribution in [0.4, 0.5) is 0 Å². The average molecular weight is 424 g/mol. The van der Waals surface area contributed by atoms with Crippen molar-refractivity contribution in [1.82, 2.24) is 15.1 Å². The second kappa shape index (κ2) is 6.64. The van der Waals surface area contributed by atoms with Crippen molar-refractivity contribution >= 4 is 45.8 Å². The van der Waals surface area contributed by atoms with Gasteiger partial charge in [0.2, 0.25) is 0 Å². The Kier molecular flexibility index (Phi) is 5.34. The molecular weight excluding hydrogens is 408 g/mol. The molecule has 0 bridgehead atoms. The predicted octanol–water partition coefficient (Wildman–Crippen LogP) is 4.68. The van der Waals surface area contributed by atoms with Crippen molar-refractivity contribution in [2.45, 2.75) is 25.9 Å². The van der Waals surface area contributed by atoms with Crippen molar-refractivity contribution in [3.8, 4) is 0 Å². The van der Waals surface area contributed by atoms with Gasteiger partial charge in [-0.15, -0.1) is 0 Å². The van der Waals surface area contributed by atoms with Crippen LogP contribution in [0, 0.1) is 3.57 Å². The van der Waals surface area contributed by atoms with Crippen LogP contribution in [0.5, 0.6) is 0 Å². The minimum Gasteiger partial charge on any atom is -0.308 e. The van der Waals surface area contributed by atoms with Crippen LogP contribution in [0.25, 0.3) is 0 Å². The van der Waals surface area contributed by atoms with Crippen molar-refractivity contribution in [3.63, 3.8) is 0 Å². The third kappa shape index (κ3) is 3.13. The lowest BCUT2D eigenvalue weighted by molar-refractivity contribution is 0.483. The average Bonchev–Trinajstić information content (AvgIpc) is 2.77. The van der Waals surface area contributed by atoms with Crippen LogP contribution in [0.2, 0.25) is 10.0 Å². The lowest BCUT2D eigenvalue weighted by atomic mass is 10.0. The molecule has 0 amide bonds. The lowest BCUT2D eigenvalue weighted by Crippen LogP contribution is -2.23. The van der Waals surface area contributed by atoms with E-state index in [1.165, 1.54) is 0 Å². The second-order valence-electron chi connectivity index (χ2n) is 4.80. The fourth-order valence-electron chi connectivity index (χ4n) is 2.21. The molecular formula is C14H16Cl2IN3. The van der Waals surface area contributed by atoms with E-state index in [0.717, 1.165) is 14.8 Å². The zero-order valence-electron chi connectivity index (χ0n) is 11.5. The molecule has 1 aromatic heterocycles. The Morgan fingerprint density at radius 2 is 2.00 bits per heavy atom. The van der Waals surface area contributed by atoms with E-state index in [1.807, 2.05) is 29.9 Å².